The van der Waals surface area contributed by atoms with Gasteiger partial charge in [0.15, 0.2) is 5.82 Å². The lowest BCUT2D eigenvalue weighted by Gasteiger charge is -2.33. The number of fused-ring (bicyclic) bond motifs is 6. The van der Waals surface area contributed by atoms with Crippen LogP contribution in [-0.4, -0.2) is 9.97 Å². The zero-order valence-electron chi connectivity index (χ0n) is 33.7. The van der Waals surface area contributed by atoms with Gasteiger partial charge in [0, 0.05) is 27.5 Å². The summed E-state index contributed by atoms with van der Waals surface area (Å²) in [4.78, 5) is 10.3. The summed E-state index contributed by atoms with van der Waals surface area (Å²) < 4.78 is 6.09. The molecule has 62 heavy (non-hydrogen) atoms. The van der Waals surface area contributed by atoms with Gasteiger partial charge < -0.3 is 4.42 Å². The summed E-state index contributed by atoms with van der Waals surface area (Å²) in [6.45, 7) is 0. The quantitative estimate of drug-likeness (QED) is 0.161. The zero-order chi connectivity index (χ0) is 41.0. The molecular weight excluding hydrogens is 753 g/mol. The Morgan fingerprint density at radius 3 is 1.45 bits per heavy atom. The van der Waals surface area contributed by atoms with Crippen molar-refractivity contribution >= 4 is 21.9 Å². The number of nitrogens with zero attached hydrogens (tertiary/aromatic N) is 2. The van der Waals surface area contributed by atoms with E-state index in [9.17, 15) is 0 Å². The van der Waals surface area contributed by atoms with Crippen molar-refractivity contribution in [1.29, 1.82) is 0 Å². The Morgan fingerprint density at radius 2 is 0.790 bits per heavy atom. The second kappa shape index (κ2) is 14.5. The minimum absolute atomic E-state index is 0.414. The Labute approximate surface area is 360 Å². The molecule has 0 unspecified atom stereocenters. The predicted octanol–water partition coefficient (Wildman–Crippen LogP) is 15.1. The first kappa shape index (κ1) is 35.8. The molecule has 1 aliphatic carbocycles. The number of furan rings is 1. The van der Waals surface area contributed by atoms with Crippen molar-refractivity contribution in [3.8, 4) is 67.3 Å². The SMILES string of the molecule is c1ccc(-c2nc(-c3ccc(-c4ccc5c(c4)-c4ccccc4C5(c4ccccc4)c4ccccc4)cc3)cc(-c3ccc(-c4ccc5oc6ccccc6c5c4)cc3)n2)cc1. The van der Waals surface area contributed by atoms with Gasteiger partial charge in [0.05, 0.1) is 16.8 Å². The molecule has 0 saturated carbocycles. The number of hydrogen-bond acceptors (Lipinski definition) is 3. The van der Waals surface area contributed by atoms with Crippen molar-refractivity contribution in [2.75, 3.05) is 0 Å². The largest absolute Gasteiger partial charge is 0.456 e. The molecule has 0 bridgehead atoms. The Morgan fingerprint density at radius 1 is 0.306 bits per heavy atom. The maximum Gasteiger partial charge on any atom is 0.160 e. The molecule has 0 spiro atoms. The highest BCUT2D eigenvalue weighted by molar-refractivity contribution is 6.06. The molecule has 11 aromatic rings. The van der Waals surface area contributed by atoms with Gasteiger partial charge in [-0.3, -0.25) is 0 Å². The van der Waals surface area contributed by atoms with E-state index in [0.29, 0.717) is 5.82 Å². The fraction of sp³-hybridized carbons (Fsp3) is 0.0169. The first-order valence-electron chi connectivity index (χ1n) is 21.1. The third-order valence-corrected chi connectivity index (χ3v) is 12.6. The maximum absolute atomic E-state index is 6.09. The summed E-state index contributed by atoms with van der Waals surface area (Å²) in [5.41, 5.74) is 18.5. The van der Waals surface area contributed by atoms with Crippen molar-refractivity contribution in [3.05, 3.63) is 253 Å². The van der Waals surface area contributed by atoms with E-state index in [0.717, 1.165) is 66.7 Å². The van der Waals surface area contributed by atoms with Crippen LogP contribution in [0.4, 0.5) is 0 Å². The van der Waals surface area contributed by atoms with E-state index in [1.165, 1.54) is 38.9 Å². The standard InChI is InChI=1S/C59H38N2O/c1-4-14-43(15-5-1)58-60-54(38-55(61-58)42-30-26-40(27-31-42)45-33-35-57-51(37-45)49-21-11-13-23-56(49)62-57)41-28-24-39(25-29-41)44-32-34-53-50(36-44)48-20-10-12-22-52(48)59(53,46-16-6-2-7-17-46)47-18-8-3-9-19-47/h1-38H. The van der Waals surface area contributed by atoms with Crippen LogP contribution in [0, 0.1) is 0 Å². The summed E-state index contributed by atoms with van der Waals surface area (Å²) in [5, 5.41) is 2.25. The Bertz CT molecular complexity index is 3390. The smallest absolute Gasteiger partial charge is 0.160 e. The molecule has 0 atom stereocenters. The molecule has 0 fully saturated rings. The molecule has 12 rings (SSSR count). The van der Waals surface area contributed by atoms with Crippen molar-refractivity contribution in [2.24, 2.45) is 0 Å². The van der Waals surface area contributed by atoms with Gasteiger partial charge in [-0.2, -0.15) is 0 Å². The summed E-state index contributed by atoms with van der Waals surface area (Å²) in [6.07, 6.45) is 0. The molecular formula is C59H38N2O. The van der Waals surface area contributed by atoms with Gasteiger partial charge >= 0.3 is 0 Å². The van der Waals surface area contributed by atoms with Gasteiger partial charge in [0.2, 0.25) is 0 Å². The van der Waals surface area contributed by atoms with Gasteiger partial charge in [-0.1, -0.05) is 200 Å². The monoisotopic (exact) mass is 790 g/mol. The lowest BCUT2D eigenvalue weighted by molar-refractivity contribution is 0.669. The van der Waals surface area contributed by atoms with Crippen molar-refractivity contribution in [2.45, 2.75) is 5.41 Å². The summed E-state index contributed by atoms with van der Waals surface area (Å²) >= 11 is 0. The molecule has 2 heterocycles. The first-order chi connectivity index (χ1) is 30.7. The van der Waals surface area contributed by atoms with Crippen molar-refractivity contribution in [3.63, 3.8) is 0 Å². The molecule has 0 radical (unpaired) electrons. The van der Waals surface area contributed by atoms with Gasteiger partial charge in [0.1, 0.15) is 11.2 Å². The van der Waals surface area contributed by atoms with E-state index in [1.54, 1.807) is 0 Å². The normalized spacial score (nSPS) is 12.6. The average Bonchev–Trinajstić information content (AvgIpc) is 3.88. The van der Waals surface area contributed by atoms with Crippen LogP contribution in [0.25, 0.3) is 89.2 Å². The van der Waals surface area contributed by atoms with Crippen LogP contribution >= 0.6 is 0 Å². The van der Waals surface area contributed by atoms with E-state index in [1.807, 2.05) is 30.3 Å². The number of benzene rings is 9. The van der Waals surface area contributed by atoms with E-state index in [2.05, 4.69) is 200 Å². The second-order valence-electron chi connectivity index (χ2n) is 16.1. The van der Waals surface area contributed by atoms with Crippen LogP contribution in [0.2, 0.25) is 0 Å². The van der Waals surface area contributed by atoms with Crippen molar-refractivity contribution in [1.82, 2.24) is 9.97 Å². The number of rotatable bonds is 7. The topological polar surface area (TPSA) is 38.9 Å². The molecule has 0 amide bonds. The van der Waals surface area contributed by atoms with Crippen LogP contribution in [-0.2, 0) is 5.41 Å². The zero-order valence-corrected chi connectivity index (χ0v) is 33.7. The highest BCUT2D eigenvalue weighted by atomic mass is 16.3. The third-order valence-electron chi connectivity index (χ3n) is 12.6. The van der Waals surface area contributed by atoms with Crippen LogP contribution < -0.4 is 0 Å². The van der Waals surface area contributed by atoms with Crippen LogP contribution in [0.3, 0.4) is 0 Å². The molecule has 3 heteroatoms. The summed E-state index contributed by atoms with van der Waals surface area (Å²) in [7, 11) is 0. The highest BCUT2D eigenvalue weighted by Crippen LogP contribution is 2.56. The van der Waals surface area contributed by atoms with Gasteiger partial charge in [-0.15, -0.1) is 0 Å². The molecule has 0 N–H and O–H groups in total. The minimum Gasteiger partial charge on any atom is -0.456 e. The Kier molecular flexibility index (Phi) is 8.39. The first-order valence-corrected chi connectivity index (χ1v) is 21.1. The molecule has 290 valence electrons. The lowest BCUT2D eigenvalue weighted by Crippen LogP contribution is -2.28. The Balaban J connectivity index is 0.909. The number of aromatic nitrogens is 2. The second-order valence-corrected chi connectivity index (χ2v) is 16.1. The van der Waals surface area contributed by atoms with Gasteiger partial charge in [-0.25, -0.2) is 9.97 Å². The van der Waals surface area contributed by atoms with E-state index < -0.39 is 5.41 Å². The fourth-order valence-corrected chi connectivity index (χ4v) is 9.66. The van der Waals surface area contributed by atoms with Gasteiger partial charge in [0.25, 0.3) is 0 Å². The lowest BCUT2D eigenvalue weighted by atomic mass is 9.67. The average molecular weight is 791 g/mol. The summed E-state index contributed by atoms with van der Waals surface area (Å²) in [5.74, 6) is 0.696. The number of para-hydroxylation sites is 1. The minimum atomic E-state index is -0.414. The maximum atomic E-state index is 6.09. The van der Waals surface area contributed by atoms with Crippen LogP contribution in [0.5, 0.6) is 0 Å². The van der Waals surface area contributed by atoms with E-state index >= 15 is 0 Å². The van der Waals surface area contributed by atoms with Crippen molar-refractivity contribution < 1.29 is 4.42 Å². The van der Waals surface area contributed by atoms with Crippen LogP contribution in [0.1, 0.15) is 22.3 Å². The van der Waals surface area contributed by atoms with Gasteiger partial charge in [-0.05, 0) is 86.0 Å². The molecule has 3 nitrogen and oxygen atoms in total. The van der Waals surface area contributed by atoms with E-state index in [4.69, 9.17) is 14.4 Å². The molecule has 1 aliphatic rings. The van der Waals surface area contributed by atoms with E-state index in [-0.39, 0.29) is 0 Å². The van der Waals surface area contributed by atoms with Crippen LogP contribution in [0.15, 0.2) is 235 Å². The number of hydrogen-bond donors (Lipinski definition) is 0. The Hall–Kier alpha value is -8.14. The molecule has 0 aliphatic heterocycles. The summed E-state index contributed by atoms with van der Waals surface area (Å²) in [6, 6.07) is 82.3. The predicted molar refractivity (Wildman–Crippen MR) is 254 cm³/mol. The molecule has 0 saturated heterocycles. The third kappa shape index (κ3) is 5.82. The molecule has 9 aromatic carbocycles. The highest BCUT2D eigenvalue weighted by Gasteiger charge is 2.45. The molecule has 2 aromatic heterocycles. The fourth-order valence-electron chi connectivity index (χ4n) is 9.66.